The minimum atomic E-state index is -3.31. The van der Waals surface area contributed by atoms with E-state index < -0.39 is 39.6 Å². The van der Waals surface area contributed by atoms with E-state index in [0.717, 1.165) is 38.5 Å². The maximum Gasteiger partial charge on any atom is 0.309 e. The van der Waals surface area contributed by atoms with E-state index in [2.05, 4.69) is 0 Å². The molecule has 8 aliphatic rings. The van der Waals surface area contributed by atoms with Crippen LogP contribution in [0.5, 0.6) is 0 Å². The van der Waals surface area contributed by atoms with Gasteiger partial charge in [0.1, 0.15) is 0 Å². The van der Waals surface area contributed by atoms with E-state index in [9.17, 15) is 24.4 Å². The van der Waals surface area contributed by atoms with Crippen LogP contribution in [0.4, 0.5) is 0 Å². The molecule has 5 nitrogen and oxygen atoms in total. The Balaban J connectivity index is 1.45. The maximum atomic E-state index is 14.8. The number of rotatable bonds is 4. The zero-order valence-electron chi connectivity index (χ0n) is 16.7. The fourth-order valence-corrected chi connectivity index (χ4v) is 15.3. The first kappa shape index (κ1) is 19.2. The smallest absolute Gasteiger partial charge is 0.309 e. The molecule has 0 aromatic heterocycles. The summed E-state index contributed by atoms with van der Waals surface area (Å²) < 4.78 is 14.8. The van der Waals surface area contributed by atoms with Crippen molar-refractivity contribution in [3.8, 4) is 0 Å². The van der Waals surface area contributed by atoms with Crippen molar-refractivity contribution in [2.75, 3.05) is 0 Å². The van der Waals surface area contributed by atoms with Crippen molar-refractivity contribution >= 4 is 29.7 Å². The molecule has 4 atom stereocenters. The molecule has 7 heteroatoms. The second-order valence-corrected chi connectivity index (χ2v) is 16.5. The molecule has 0 amide bonds. The zero-order chi connectivity index (χ0) is 20.4. The van der Waals surface area contributed by atoms with E-state index in [1.807, 2.05) is 0 Å². The fourth-order valence-electron chi connectivity index (χ4n) is 10.1. The Morgan fingerprint density at radius 1 is 0.690 bits per heavy atom. The SMILES string of the molecule is O=C(O)C12CC3CC(C1)CC(P(=O)(Cl)C14CC5CC(CC(C(=O)O)(C5)C1)C4)(C3)C2. The van der Waals surface area contributed by atoms with Crippen molar-refractivity contribution in [2.24, 2.45) is 34.5 Å². The number of carbonyl (C=O) groups is 2. The third-order valence-electron chi connectivity index (χ3n) is 10.2. The van der Waals surface area contributed by atoms with Gasteiger partial charge in [0.15, 0.2) is 6.49 Å². The molecule has 8 saturated carbocycles. The molecule has 8 aliphatic carbocycles. The number of halogens is 1. The van der Waals surface area contributed by atoms with Gasteiger partial charge in [-0.25, -0.2) is 0 Å². The Labute approximate surface area is 176 Å². The Hall–Kier alpha value is -0.540. The summed E-state index contributed by atoms with van der Waals surface area (Å²) in [6.07, 6.45) is 8.95. The van der Waals surface area contributed by atoms with Crippen molar-refractivity contribution in [1.29, 1.82) is 0 Å². The van der Waals surface area contributed by atoms with Crippen LogP contribution in [-0.4, -0.2) is 32.5 Å². The highest BCUT2D eigenvalue weighted by Crippen LogP contribution is 2.87. The summed E-state index contributed by atoms with van der Waals surface area (Å²) in [5, 5.41) is 19.0. The van der Waals surface area contributed by atoms with Crippen LogP contribution in [-0.2, 0) is 14.2 Å². The minimum absolute atomic E-state index is 0.307. The molecule has 2 N–H and O–H groups in total. The van der Waals surface area contributed by atoms with Gasteiger partial charge in [-0.15, -0.1) is 0 Å². The molecule has 160 valence electrons. The molecule has 0 aromatic carbocycles. The number of hydrogen-bond donors (Lipinski definition) is 2. The number of carboxylic acids is 2. The molecular weight excluding hydrogens is 411 g/mol. The van der Waals surface area contributed by atoms with Crippen LogP contribution < -0.4 is 0 Å². The summed E-state index contributed by atoms with van der Waals surface area (Å²) in [6.45, 7) is -3.31. The van der Waals surface area contributed by atoms with E-state index in [0.29, 0.717) is 62.2 Å². The van der Waals surface area contributed by atoms with Gasteiger partial charge in [-0.05, 0) is 101 Å². The molecule has 8 rings (SSSR count). The maximum absolute atomic E-state index is 14.8. The molecule has 0 aromatic rings. The fraction of sp³-hybridized carbons (Fsp3) is 0.909. The molecule has 0 radical (unpaired) electrons. The van der Waals surface area contributed by atoms with Crippen LogP contribution in [0.3, 0.4) is 0 Å². The van der Waals surface area contributed by atoms with E-state index in [-0.39, 0.29) is 0 Å². The first-order valence-electron chi connectivity index (χ1n) is 11.3. The summed E-state index contributed by atoms with van der Waals surface area (Å²) in [6, 6.07) is 0. The molecule has 0 aliphatic heterocycles. The van der Waals surface area contributed by atoms with Crippen LogP contribution in [0.15, 0.2) is 0 Å². The second kappa shape index (κ2) is 5.44. The van der Waals surface area contributed by atoms with Gasteiger partial charge in [0.25, 0.3) is 0 Å². The highest BCUT2D eigenvalue weighted by atomic mass is 35.7. The predicted molar refractivity (Wildman–Crippen MR) is 108 cm³/mol. The molecule has 0 heterocycles. The summed E-state index contributed by atoms with van der Waals surface area (Å²) in [4.78, 5) is 24.6. The molecule has 8 fully saturated rings. The molecular formula is C22H30ClO5P. The largest absolute Gasteiger partial charge is 0.481 e. The Morgan fingerprint density at radius 3 is 1.28 bits per heavy atom. The van der Waals surface area contributed by atoms with Crippen LogP contribution in [0.2, 0.25) is 0 Å². The minimum Gasteiger partial charge on any atom is -0.481 e. The lowest BCUT2D eigenvalue weighted by Gasteiger charge is -2.67. The third-order valence-corrected chi connectivity index (χ3v) is 15.8. The summed E-state index contributed by atoms with van der Waals surface area (Å²) in [5.74, 6) is -0.243. The molecule has 29 heavy (non-hydrogen) atoms. The highest BCUT2D eigenvalue weighted by molar-refractivity contribution is 7.91. The lowest BCUT2D eigenvalue weighted by atomic mass is 9.48. The topological polar surface area (TPSA) is 91.7 Å². The molecule has 0 saturated heterocycles. The van der Waals surface area contributed by atoms with Gasteiger partial charge in [0, 0.05) is 10.3 Å². The van der Waals surface area contributed by atoms with Crippen LogP contribution in [0.1, 0.15) is 77.0 Å². The van der Waals surface area contributed by atoms with Gasteiger partial charge in [-0.3, -0.25) is 9.59 Å². The van der Waals surface area contributed by atoms with E-state index >= 15 is 0 Å². The van der Waals surface area contributed by atoms with E-state index in [4.69, 9.17) is 11.2 Å². The number of hydrogen-bond acceptors (Lipinski definition) is 3. The van der Waals surface area contributed by atoms with E-state index in [1.165, 1.54) is 0 Å². The predicted octanol–water partition coefficient (Wildman–Crippen LogP) is 5.35. The lowest BCUT2D eigenvalue weighted by molar-refractivity contribution is -0.164. The van der Waals surface area contributed by atoms with Gasteiger partial charge in [-0.1, -0.05) is 11.2 Å². The van der Waals surface area contributed by atoms with Gasteiger partial charge >= 0.3 is 11.9 Å². The molecule has 8 bridgehead atoms. The Kier molecular flexibility index (Phi) is 3.59. The van der Waals surface area contributed by atoms with Gasteiger partial charge in [0.05, 0.1) is 10.8 Å². The monoisotopic (exact) mass is 440 g/mol. The van der Waals surface area contributed by atoms with Crippen molar-refractivity contribution in [3.05, 3.63) is 0 Å². The quantitative estimate of drug-likeness (QED) is 0.575. The first-order chi connectivity index (χ1) is 13.5. The van der Waals surface area contributed by atoms with Crippen molar-refractivity contribution < 1.29 is 24.4 Å². The Bertz CT molecular complexity index is 773. The summed E-state index contributed by atoms with van der Waals surface area (Å²) in [7, 11) is 0. The van der Waals surface area contributed by atoms with Crippen molar-refractivity contribution in [3.63, 3.8) is 0 Å². The summed E-state index contributed by atoms with van der Waals surface area (Å²) >= 11 is 7.28. The lowest BCUT2D eigenvalue weighted by Crippen LogP contribution is -2.63. The average molecular weight is 441 g/mol. The van der Waals surface area contributed by atoms with Crippen LogP contribution in [0, 0.1) is 34.5 Å². The third kappa shape index (κ3) is 2.22. The molecule has 0 spiro atoms. The number of carboxylic acid groups (broad SMARTS) is 2. The van der Waals surface area contributed by atoms with Crippen LogP contribution in [0.25, 0.3) is 0 Å². The molecule has 4 unspecified atom stereocenters. The zero-order valence-corrected chi connectivity index (χ0v) is 18.4. The average Bonchev–Trinajstić information content (AvgIpc) is 2.59. The number of aliphatic carboxylic acids is 2. The van der Waals surface area contributed by atoms with Gasteiger partial charge < -0.3 is 14.8 Å². The van der Waals surface area contributed by atoms with Crippen LogP contribution >= 0.6 is 17.7 Å². The first-order valence-corrected chi connectivity index (χ1v) is 13.9. The van der Waals surface area contributed by atoms with Crippen molar-refractivity contribution in [2.45, 2.75) is 87.4 Å². The second-order valence-electron chi connectivity index (χ2n) is 12.1. The standard InChI is InChI=1S/C22H30ClO5P/c23-29(28,21-7-13-1-14(8-21)4-19(3-13,11-21)17(24)25)22-9-15-2-16(10-22)6-20(5-15,12-22)18(26)27/h13-16H,1-12H2,(H,24,25)(H,26,27). The van der Waals surface area contributed by atoms with Gasteiger partial charge in [-0.2, -0.15) is 0 Å². The summed E-state index contributed by atoms with van der Waals surface area (Å²) in [5.41, 5.74) is -1.52. The highest BCUT2D eigenvalue weighted by Gasteiger charge is 2.74. The normalized spacial score (nSPS) is 56.3. The Morgan fingerprint density at radius 2 is 1.00 bits per heavy atom. The van der Waals surface area contributed by atoms with E-state index in [1.54, 1.807) is 0 Å². The van der Waals surface area contributed by atoms with Gasteiger partial charge in [0.2, 0.25) is 0 Å². The van der Waals surface area contributed by atoms with Crippen molar-refractivity contribution in [1.82, 2.24) is 0 Å².